The van der Waals surface area contributed by atoms with Crippen molar-refractivity contribution in [2.24, 2.45) is 0 Å². The van der Waals surface area contributed by atoms with Gasteiger partial charge in [-0.3, -0.25) is 4.79 Å². The number of rotatable bonds is 8. The predicted octanol–water partition coefficient (Wildman–Crippen LogP) is 1.41. The number of hydrogen-bond acceptors (Lipinski definition) is 2. The number of nitrogens with zero attached hydrogens (tertiary/aromatic N) is 1. The SMILES string of the molecule is C=CCCCCN(C)C(=O)CNCC. The normalized spacial score (nSPS) is 9.86. The molecule has 0 saturated heterocycles. The van der Waals surface area contributed by atoms with E-state index >= 15 is 0 Å². The number of carbonyl (C=O) groups excluding carboxylic acids is 1. The van der Waals surface area contributed by atoms with Gasteiger partial charge in [-0.1, -0.05) is 13.0 Å². The van der Waals surface area contributed by atoms with Crippen molar-refractivity contribution in [3.8, 4) is 0 Å². The molecule has 0 aliphatic rings. The molecule has 0 atom stereocenters. The van der Waals surface area contributed by atoms with Gasteiger partial charge >= 0.3 is 0 Å². The minimum absolute atomic E-state index is 0.172. The average Bonchev–Trinajstić information content (AvgIpc) is 2.20. The zero-order valence-corrected chi connectivity index (χ0v) is 9.38. The van der Waals surface area contributed by atoms with E-state index in [0.717, 1.165) is 32.4 Å². The van der Waals surface area contributed by atoms with Gasteiger partial charge in [0.25, 0.3) is 0 Å². The molecule has 1 amide bonds. The number of allylic oxidation sites excluding steroid dienone is 1. The number of amides is 1. The summed E-state index contributed by atoms with van der Waals surface area (Å²) in [6, 6.07) is 0. The first kappa shape index (κ1) is 13.2. The Morgan fingerprint density at radius 3 is 2.79 bits per heavy atom. The molecule has 0 saturated carbocycles. The van der Waals surface area contributed by atoms with E-state index in [-0.39, 0.29) is 5.91 Å². The summed E-state index contributed by atoms with van der Waals surface area (Å²) in [5.41, 5.74) is 0. The maximum Gasteiger partial charge on any atom is 0.236 e. The second-order valence-electron chi connectivity index (χ2n) is 3.38. The van der Waals surface area contributed by atoms with Crippen LogP contribution in [0, 0.1) is 0 Å². The third kappa shape index (κ3) is 6.66. The Labute approximate surface area is 87.2 Å². The summed E-state index contributed by atoms with van der Waals surface area (Å²) < 4.78 is 0. The van der Waals surface area contributed by atoms with E-state index in [1.165, 1.54) is 0 Å². The van der Waals surface area contributed by atoms with Gasteiger partial charge in [-0.25, -0.2) is 0 Å². The van der Waals surface area contributed by atoms with Crippen LogP contribution in [0.25, 0.3) is 0 Å². The lowest BCUT2D eigenvalue weighted by atomic mass is 10.2. The van der Waals surface area contributed by atoms with E-state index in [4.69, 9.17) is 0 Å². The molecular weight excluding hydrogens is 176 g/mol. The van der Waals surface area contributed by atoms with Crippen molar-refractivity contribution in [2.45, 2.75) is 26.2 Å². The Bertz CT molecular complexity index is 169. The van der Waals surface area contributed by atoms with Gasteiger partial charge in [-0.15, -0.1) is 6.58 Å². The van der Waals surface area contributed by atoms with Gasteiger partial charge in [0.05, 0.1) is 6.54 Å². The lowest BCUT2D eigenvalue weighted by Crippen LogP contribution is -2.35. The lowest BCUT2D eigenvalue weighted by Gasteiger charge is -2.16. The summed E-state index contributed by atoms with van der Waals surface area (Å²) in [5, 5.41) is 3.02. The zero-order chi connectivity index (χ0) is 10.8. The molecule has 0 bridgehead atoms. The van der Waals surface area contributed by atoms with E-state index in [0.29, 0.717) is 6.54 Å². The Morgan fingerprint density at radius 2 is 2.21 bits per heavy atom. The molecule has 1 N–H and O–H groups in total. The summed E-state index contributed by atoms with van der Waals surface area (Å²) in [7, 11) is 1.85. The van der Waals surface area contributed by atoms with E-state index in [2.05, 4.69) is 11.9 Å². The fraction of sp³-hybridized carbons (Fsp3) is 0.727. The first-order valence-corrected chi connectivity index (χ1v) is 5.28. The monoisotopic (exact) mass is 198 g/mol. The number of carbonyl (C=O) groups is 1. The highest BCUT2D eigenvalue weighted by molar-refractivity contribution is 5.77. The van der Waals surface area contributed by atoms with E-state index in [1.54, 1.807) is 4.90 Å². The molecule has 3 nitrogen and oxygen atoms in total. The molecule has 0 unspecified atom stereocenters. The van der Waals surface area contributed by atoms with Crippen LogP contribution in [0.4, 0.5) is 0 Å². The number of hydrogen-bond donors (Lipinski definition) is 1. The van der Waals surface area contributed by atoms with Gasteiger partial charge in [0.2, 0.25) is 5.91 Å². The molecule has 0 aliphatic heterocycles. The van der Waals surface area contributed by atoms with E-state index in [1.807, 2.05) is 20.0 Å². The fourth-order valence-electron chi connectivity index (χ4n) is 1.13. The Balaban J connectivity index is 3.46. The van der Waals surface area contributed by atoms with Crippen LogP contribution in [-0.2, 0) is 4.79 Å². The molecule has 0 heterocycles. The first-order valence-electron chi connectivity index (χ1n) is 5.28. The van der Waals surface area contributed by atoms with Crippen molar-refractivity contribution < 1.29 is 4.79 Å². The van der Waals surface area contributed by atoms with Gasteiger partial charge in [0.1, 0.15) is 0 Å². The molecule has 0 aromatic carbocycles. The molecule has 0 radical (unpaired) electrons. The van der Waals surface area contributed by atoms with Gasteiger partial charge in [-0.2, -0.15) is 0 Å². The molecule has 82 valence electrons. The van der Waals surface area contributed by atoms with Gasteiger partial charge in [0.15, 0.2) is 0 Å². The number of likely N-dealkylation sites (N-methyl/N-ethyl adjacent to an activating group) is 2. The average molecular weight is 198 g/mol. The van der Waals surface area contributed by atoms with E-state index < -0.39 is 0 Å². The van der Waals surface area contributed by atoms with Crippen LogP contribution < -0.4 is 5.32 Å². The molecule has 0 aromatic rings. The molecule has 14 heavy (non-hydrogen) atoms. The summed E-state index contributed by atoms with van der Waals surface area (Å²) in [6.45, 7) is 7.80. The molecule has 3 heteroatoms. The summed E-state index contributed by atoms with van der Waals surface area (Å²) >= 11 is 0. The van der Waals surface area contributed by atoms with Crippen molar-refractivity contribution in [1.82, 2.24) is 10.2 Å². The highest BCUT2D eigenvalue weighted by Crippen LogP contribution is 1.97. The van der Waals surface area contributed by atoms with Crippen LogP contribution >= 0.6 is 0 Å². The van der Waals surface area contributed by atoms with Crippen molar-refractivity contribution >= 4 is 5.91 Å². The Kier molecular flexibility index (Phi) is 8.24. The topological polar surface area (TPSA) is 32.3 Å². The van der Waals surface area contributed by atoms with E-state index in [9.17, 15) is 4.79 Å². The molecule has 0 rings (SSSR count). The smallest absolute Gasteiger partial charge is 0.236 e. The van der Waals surface area contributed by atoms with Crippen molar-refractivity contribution in [3.05, 3.63) is 12.7 Å². The predicted molar refractivity (Wildman–Crippen MR) is 60.2 cm³/mol. The Hall–Kier alpha value is -0.830. The van der Waals surface area contributed by atoms with Crippen molar-refractivity contribution in [2.75, 3.05) is 26.7 Å². The highest BCUT2D eigenvalue weighted by Gasteiger charge is 2.05. The highest BCUT2D eigenvalue weighted by atomic mass is 16.2. The molecule has 0 fully saturated rings. The van der Waals surface area contributed by atoms with Gasteiger partial charge in [0, 0.05) is 13.6 Å². The third-order valence-corrected chi connectivity index (χ3v) is 2.10. The second-order valence-corrected chi connectivity index (χ2v) is 3.38. The van der Waals surface area contributed by atoms with Crippen LogP contribution in [0.3, 0.4) is 0 Å². The Morgan fingerprint density at radius 1 is 1.50 bits per heavy atom. The molecule has 0 aromatic heterocycles. The largest absolute Gasteiger partial charge is 0.345 e. The van der Waals surface area contributed by atoms with Crippen LogP contribution in [0.1, 0.15) is 26.2 Å². The molecular formula is C11H22N2O. The zero-order valence-electron chi connectivity index (χ0n) is 9.38. The minimum atomic E-state index is 0.172. The standard InChI is InChI=1S/C11H22N2O/c1-4-6-7-8-9-13(3)11(14)10-12-5-2/h4,12H,1,5-10H2,2-3H3. The maximum atomic E-state index is 11.4. The van der Waals surface area contributed by atoms with Crippen molar-refractivity contribution in [1.29, 1.82) is 0 Å². The lowest BCUT2D eigenvalue weighted by molar-refractivity contribution is -0.129. The summed E-state index contributed by atoms with van der Waals surface area (Å²) in [6.07, 6.45) is 5.12. The third-order valence-electron chi connectivity index (χ3n) is 2.10. The first-order chi connectivity index (χ1) is 6.72. The quantitative estimate of drug-likeness (QED) is 0.472. The second kappa shape index (κ2) is 8.75. The van der Waals surface area contributed by atoms with Crippen molar-refractivity contribution in [3.63, 3.8) is 0 Å². The minimum Gasteiger partial charge on any atom is -0.345 e. The van der Waals surface area contributed by atoms with Gasteiger partial charge in [-0.05, 0) is 25.8 Å². The van der Waals surface area contributed by atoms with Crippen LogP contribution in [0.15, 0.2) is 12.7 Å². The van der Waals surface area contributed by atoms with Crippen LogP contribution in [0.2, 0.25) is 0 Å². The summed E-state index contributed by atoms with van der Waals surface area (Å²) in [5.74, 6) is 0.172. The maximum absolute atomic E-state index is 11.4. The summed E-state index contributed by atoms with van der Waals surface area (Å²) in [4.78, 5) is 13.2. The number of nitrogens with one attached hydrogen (secondary N) is 1. The molecule has 0 spiro atoms. The van der Waals surface area contributed by atoms with Crippen LogP contribution in [-0.4, -0.2) is 37.5 Å². The number of unbranched alkanes of at least 4 members (excludes halogenated alkanes) is 2. The fourth-order valence-corrected chi connectivity index (χ4v) is 1.13. The molecule has 0 aliphatic carbocycles. The van der Waals surface area contributed by atoms with Crippen LogP contribution in [0.5, 0.6) is 0 Å². The van der Waals surface area contributed by atoms with Gasteiger partial charge < -0.3 is 10.2 Å².